The van der Waals surface area contributed by atoms with E-state index in [-0.39, 0.29) is 0 Å². The minimum Gasteiger partial charge on any atom is -0.292 e. The van der Waals surface area contributed by atoms with Crippen molar-refractivity contribution in [2.45, 2.75) is 0 Å². The zero-order valence-corrected chi connectivity index (χ0v) is 25.4. The lowest BCUT2D eigenvalue weighted by Gasteiger charge is -2.14. The second kappa shape index (κ2) is 9.15. The third-order valence-electron chi connectivity index (χ3n) is 10.3. The van der Waals surface area contributed by atoms with Gasteiger partial charge in [-0.25, -0.2) is 4.98 Å². The molecule has 2 heteroatoms. The molecule has 11 rings (SSSR count). The van der Waals surface area contributed by atoms with E-state index in [0.717, 1.165) is 16.7 Å². The van der Waals surface area contributed by atoms with Crippen molar-refractivity contribution < 1.29 is 0 Å². The summed E-state index contributed by atoms with van der Waals surface area (Å²) >= 11 is 0. The highest BCUT2D eigenvalue weighted by atomic mass is 15.0. The van der Waals surface area contributed by atoms with Crippen molar-refractivity contribution in [2.75, 3.05) is 0 Å². The first-order chi connectivity index (χ1) is 23.3. The normalized spacial score (nSPS) is 12.3. The van der Waals surface area contributed by atoms with Crippen molar-refractivity contribution in [1.82, 2.24) is 9.38 Å². The topological polar surface area (TPSA) is 17.3 Å². The Morgan fingerprint density at radius 1 is 0.362 bits per heavy atom. The maximum atomic E-state index is 5.19. The first-order valence-corrected chi connectivity index (χ1v) is 16.2. The SMILES string of the molecule is c1cc(-c2ccc3c(c2)c2ccc4ccccc4c2c2nc4ccccc4n32)cc(-c2ccc3c4c(cccc24)-c2ccccc2-3)c1. The third kappa shape index (κ3) is 3.36. The van der Waals surface area contributed by atoms with Crippen LogP contribution in [0, 0.1) is 0 Å². The van der Waals surface area contributed by atoms with E-state index in [1.54, 1.807) is 0 Å². The Bertz CT molecular complexity index is 2930. The Balaban J connectivity index is 1.15. The van der Waals surface area contributed by atoms with Crippen molar-refractivity contribution in [2.24, 2.45) is 0 Å². The van der Waals surface area contributed by atoms with E-state index >= 15 is 0 Å². The molecule has 0 amide bonds. The molecule has 10 aromatic rings. The fraction of sp³-hybridized carbons (Fsp3) is 0. The first kappa shape index (κ1) is 25.0. The number of rotatable bonds is 2. The molecule has 0 radical (unpaired) electrons. The predicted octanol–water partition coefficient (Wildman–Crippen LogP) is 12.1. The molecule has 2 nitrogen and oxygen atoms in total. The van der Waals surface area contributed by atoms with Crippen LogP contribution in [0.3, 0.4) is 0 Å². The summed E-state index contributed by atoms with van der Waals surface area (Å²) in [5.41, 5.74) is 14.6. The number of hydrogen-bond acceptors (Lipinski definition) is 1. The second-order valence-electron chi connectivity index (χ2n) is 12.7. The average molecular weight is 595 g/mol. The molecule has 1 aliphatic rings. The van der Waals surface area contributed by atoms with Crippen LogP contribution < -0.4 is 0 Å². The lowest BCUT2D eigenvalue weighted by molar-refractivity contribution is 1.32. The Morgan fingerprint density at radius 3 is 2.00 bits per heavy atom. The molecule has 0 aliphatic heterocycles. The molecule has 0 unspecified atom stereocenters. The van der Waals surface area contributed by atoms with Gasteiger partial charge in [-0.15, -0.1) is 0 Å². The molecule has 8 aromatic carbocycles. The van der Waals surface area contributed by atoms with E-state index in [2.05, 4.69) is 162 Å². The van der Waals surface area contributed by atoms with E-state index < -0.39 is 0 Å². The second-order valence-corrected chi connectivity index (χ2v) is 12.7. The standard InChI is InChI=1S/C45H26N2/c1-2-12-32-27(9-1)19-21-38-39-26-29(20-24-41(39)47-42-18-6-5-17-40(42)46-45(47)44(32)38)28-10-7-11-30(25-28)31-22-23-37-34-14-4-3-13-33(34)36-16-8-15-35(31)43(36)37/h1-26H. The van der Waals surface area contributed by atoms with Crippen molar-refractivity contribution >= 4 is 59.9 Å². The van der Waals surface area contributed by atoms with Gasteiger partial charge in [-0.05, 0) is 102 Å². The molecule has 2 aromatic heterocycles. The van der Waals surface area contributed by atoms with Gasteiger partial charge in [-0.3, -0.25) is 4.40 Å². The van der Waals surface area contributed by atoms with Gasteiger partial charge in [0.05, 0.1) is 16.6 Å². The minimum atomic E-state index is 1.01. The van der Waals surface area contributed by atoms with Gasteiger partial charge in [0.15, 0.2) is 0 Å². The quantitative estimate of drug-likeness (QED) is 0.182. The fourth-order valence-electron chi connectivity index (χ4n) is 8.23. The van der Waals surface area contributed by atoms with Gasteiger partial charge < -0.3 is 0 Å². The fourth-order valence-corrected chi connectivity index (χ4v) is 8.23. The third-order valence-corrected chi connectivity index (χ3v) is 10.3. The molecular formula is C45H26N2. The first-order valence-electron chi connectivity index (χ1n) is 16.2. The summed E-state index contributed by atoms with van der Waals surface area (Å²) in [6.07, 6.45) is 0. The Labute approximate surface area is 270 Å². The Kier molecular flexibility index (Phi) is 4.87. The van der Waals surface area contributed by atoms with Gasteiger partial charge in [0.1, 0.15) is 5.65 Å². The van der Waals surface area contributed by atoms with Crippen LogP contribution in [0.15, 0.2) is 158 Å². The number of benzene rings is 8. The highest BCUT2D eigenvalue weighted by molar-refractivity contribution is 6.23. The molecule has 1 aliphatic carbocycles. The summed E-state index contributed by atoms with van der Waals surface area (Å²) in [7, 11) is 0. The highest BCUT2D eigenvalue weighted by Crippen LogP contribution is 2.49. The number of imidazole rings is 1. The van der Waals surface area contributed by atoms with Gasteiger partial charge in [-0.1, -0.05) is 127 Å². The van der Waals surface area contributed by atoms with Crippen molar-refractivity contribution in [3.05, 3.63) is 158 Å². The van der Waals surface area contributed by atoms with Crippen LogP contribution in [0.25, 0.3) is 104 Å². The molecule has 0 atom stereocenters. The lowest BCUT2D eigenvalue weighted by atomic mass is 9.92. The molecule has 0 spiro atoms. The van der Waals surface area contributed by atoms with Gasteiger partial charge in [-0.2, -0.15) is 0 Å². The zero-order valence-electron chi connectivity index (χ0n) is 25.4. The van der Waals surface area contributed by atoms with Crippen molar-refractivity contribution in [1.29, 1.82) is 0 Å². The monoisotopic (exact) mass is 594 g/mol. The largest absolute Gasteiger partial charge is 0.292 e. The zero-order chi connectivity index (χ0) is 30.6. The summed E-state index contributed by atoms with van der Waals surface area (Å²) in [4.78, 5) is 5.19. The van der Waals surface area contributed by atoms with Crippen LogP contribution in [0.1, 0.15) is 0 Å². The summed E-state index contributed by atoms with van der Waals surface area (Å²) in [6.45, 7) is 0. The maximum absolute atomic E-state index is 5.19. The highest BCUT2D eigenvalue weighted by Gasteiger charge is 2.22. The average Bonchev–Trinajstić information content (AvgIpc) is 3.69. The van der Waals surface area contributed by atoms with Crippen LogP contribution in [0.5, 0.6) is 0 Å². The van der Waals surface area contributed by atoms with Crippen molar-refractivity contribution in [3.8, 4) is 44.5 Å². The lowest BCUT2D eigenvalue weighted by Crippen LogP contribution is -1.93. The van der Waals surface area contributed by atoms with Gasteiger partial charge in [0.2, 0.25) is 0 Å². The number of para-hydroxylation sites is 2. The predicted molar refractivity (Wildman–Crippen MR) is 198 cm³/mol. The number of hydrogen-bond donors (Lipinski definition) is 0. The van der Waals surface area contributed by atoms with Gasteiger partial charge >= 0.3 is 0 Å². The minimum absolute atomic E-state index is 1.01. The summed E-state index contributed by atoms with van der Waals surface area (Å²) in [5, 5.41) is 8.78. The smallest absolute Gasteiger partial charge is 0.147 e. The number of fused-ring (bicyclic) bond motifs is 13. The summed E-state index contributed by atoms with van der Waals surface area (Å²) in [6, 6.07) is 57.8. The molecule has 0 saturated heterocycles. The van der Waals surface area contributed by atoms with E-state index in [1.165, 1.54) is 87.7 Å². The number of aromatic nitrogens is 2. The maximum Gasteiger partial charge on any atom is 0.147 e. The van der Waals surface area contributed by atoms with Crippen LogP contribution in [0.2, 0.25) is 0 Å². The Morgan fingerprint density at radius 2 is 1.06 bits per heavy atom. The molecule has 0 N–H and O–H groups in total. The van der Waals surface area contributed by atoms with Crippen LogP contribution in [-0.2, 0) is 0 Å². The van der Waals surface area contributed by atoms with Crippen LogP contribution >= 0.6 is 0 Å². The van der Waals surface area contributed by atoms with E-state index in [9.17, 15) is 0 Å². The molecule has 2 heterocycles. The molecule has 0 saturated carbocycles. The molecule has 47 heavy (non-hydrogen) atoms. The van der Waals surface area contributed by atoms with E-state index in [0.29, 0.717) is 0 Å². The van der Waals surface area contributed by atoms with Gasteiger partial charge in [0.25, 0.3) is 0 Å². The van der Waals surface area contributed by atoms with Crippen molar-refractivity contribution in [3.63, 3.8) is 0 Å². The molecule has 0 bridgehead atoms. The summed E-state index contributed by atoms with van der Waals surface area (Å²) in [5.74, 6) is 0. The molecule has 216 valence electrons. The van der Waals surface area contributed by atoms with E-state index in [1.807, 2.05) is 0 Å². The molecule has 0 fully saturated rings. The molecular weight excluding hydrogens is 569 g/mol. The van der Waals surface area contributed by atoms with Crippen LogP contribution in [0.4, 0.5) is 0 Å². The Hall–Kier alpha value is -6.25. The van der Waals surface area contributed by atoms with Crippen LogP contribution in [-0.4, -0.2) is 9.38 Å². The summed E-state index contributed by atoms with van der Waals surface area (Å²) < 4.78 is 2.35. The number of nitrogens with zero attached hydrogens (tertiary/aromatic N) is 2. The van der Waals surface area contributed by atoms with Gasteiger partial charge in [0, 0.05) is 10.8 Å². The number of pyridine rings is 1. The van der Waals surface area contributed by atoms with E-state index in [4.69, 9.17) is 4.98 Å².